The van der Waals surface area contributed by atoms with E-state index in [9.17, 15) is 25.0 Å². The largest absolute Gasteiger partial charge is 0.495 e. The van der Waals surface area contributed by atoms with E-state index in [-0.39, 0.29) is 33.0 Å². The van der Waals surface area contributed by atoms with E-state index in [0.29, 0.717) is 0 Å². The van der Waals surface area contributed by atoms with Crippen molar-refractivity contribution in [3.63, 3.8) is 0 Å². The number of halogens is 1. The molecule has 2 rings (SSSR count). The lowest BCUT2D eigenvalue weighted by atomic mass is 10.2. The number of nitro benzene ring substituents is 2. The highest BCUT2D eigenvalue weighted by molar-refractivity contribution is 9.10. The summed E-state index contributed by atoms with van der Waals surface area (Å²) in [5.74, 6) is -0.149. The molecule has 0 saturated heterocycles. The van der Waals surface area contributed by atoms with Gasteiger partial charge in [0.2, 0.25) is 5.91 Å². The maximum absolute atomic E-state index is 11.4. The van der Waals surface area contributed by atoms with Crippen LogP contribution in [0.3, 0.4) is 0 Å². The molecular weight excluding hydrogens is 440 g/mol. The quantitative estimate of drug-likeness (QED) is 0.285. The van der Waals surface area contributed by atoms with Gasteiger partial charge in [0, 0.05) is 19.1 Å². The normalized spacial score (nSPS) is 10.7. The first kappa shape index (κ1) is 20.7. The van der Waals surface area contributed by atoms with Crippen molar-refractivity contribution >= 4 is 56.0 Å². The van der Waals surface area contributed by atoms with Crippen molar-refractivity contribution < 1.29 is 19.4 Å². The zero-order valence-electron chi connectivity index (χ0n) is 14.5. The number of anilines is 2. The third kappa shape index (κ3) is 4.56. The Bertz CT molecular complexity index is 1010. The van der Waals surface area contributed by atoms with Crippen LogP contribution in [-0.4, -0.2) is 22.9 Å². The average molecular weight is 453 g/mol. The Morgan fingerprint density at radius 2 is 1.86 bits per heavy atom. The average Bonchev–Trinajstić information content (AvgIpc) is 2.60. The predicted molar refractivity (Wildman–Crippen MR) is 103 cm³/mol. The molecule has 12 nitrogen and oxygen atoms in total. The summed E-state index contributed by atoms with van der Waals surface area (Å²) < 4.78 is 5.09. The van der Waals surface area contributed by atoms with Gasteiger partial charge in [0.15, 0.2) is 5.69 Å². The highest BCUT2D eigenvalue weighted by atomic mass is 79.9. The highest BCUT2D eigenvalue weighted by Crippen LogP contribution is 2.41. The van der Waals surface area contributed by atoms with Crippen molar-refractivity contribution in [2.24, 2.45) is 10.2 Å². The fourth-order valence-electron chi connectivity index (χ4n) is 2.15. The zero-order valence-corrected chi connectivity index (χ0v) is 16.1. The van der Waals surface area contributed by atoms with Crippen LogP contribution in [0.4, 0.5) is 34.1 Å². The van der Waals surface area contributed by atoms with Crippen LogP contribution in [-0.2, 0) is 4.79 Å². The number of hydrogen-bond donors (Lipinski definition) is 2. The number of carbonyl (C=O) groups is 1. The Morgan fingerprint density at radius 3 is 2.39 bits per heavy atom. The summed E-state index contributed by atoms with van der Waals surface area (Å²) in [7, 11) is 1.38. The molecule has 13 heteroatoms. The summed E-state index contributed by atoms with van der Waals surface area (Å²) in [6.07, 6.45) is 0. The number of methoxy groups -OCH3 is 1. The van der Waals surface area contributed by atoms with E-state index >= 15 is 0 Å². The maximum atomic E-state index is 11.4. The van der Waals surface area contributed by atoms with E-state index in [1.54, 1.807) is 0 Å². The predicted octanol–water partition coefficient (Wildman–Crippen LogP) is 4.23. The monoisotopic (exact) mass is 452 g/mol. The number of hydrogen-bond acceptors (Lipinski definition) is 9. The van der Waals surface area contributed by atoms with E-state index in [1.807, 2.05) is 0 Å². The lowest BCUT2D eigenvalue weighted by Gasteiger charge is -2.10. The van der Waals surface area contributed by atoms with Gasteiger partial charge >= 0.3 is 5.69 Å². The van der Waals surface area contributed by atoms with Gasteiger partial charge in [0.1, 0.15) is 11.4 Å². The van der Waals surface area contributed by atoms with Gasteiger partial charge in [-0.3, -0.25) is 25.0 Å². The molecule has 0 unspecified atom stereocenters. The van der Waals surface area contributed by atoms with E-state index in [0.717, 1.165) is 12.1 Å². The molecular formula is C15H13BrN6O6. The first-order valence-electron chi connectivity index (χ1n) is 7.43. The first-order valence-corrected chi connectivity index (χ1v) is 8.22. The molecule has 0 aromatic heterocycles. The van der Waals surface area contributed by atoms with Crippen LogP contribution in [0.15, 0.2) is 39.0 Å². The molecule has 3 N–H and O–H groups in total. The summed E-state index contributed by atoms with van der Waals surface area (Å²) in [5, 5.41) is 32.5. The van der Waals surface area contributed by atoms with E-state index in [4.69, 9.17) is 10.5 Å². The van der Waals surface area contributed by atoms with Gasteiger partial charge in [-0.05, 0) is 22.0 Å². The molecule has 28 heavy (non-hydrogen) atoms. The summed E-state index contributed by atoms with van der Waals surface area (Å²) in [5.41, 5.74) is 5.02. The molecule has 0 radical (unpaired) electrons. The lowest BCUT2D eigenvalue weighted by molar-refractivity contribution is -0.393. The number of amides is 1. The molecule has 2 aromatic rings. The molecule has 0 aliphatic rings. The summed E-state index contributed by atoms with van der Waals surface area (Å²) in [4.78, 5) is 32.0. The molecule has 146 valence electrons. The van der Waals surface area contributed by atoms with E-state index in [2.05, 4.69) is 31.5 Å². The summed E-state index contributed by atoms with van der Waals surface area (Å²) >= 11 is 3.03. The molecule has 0 heterocycles. The Hall–Kier alpha value is -3.61. The van der Waals surface area contributed by atoms with Gasteiger partial charge < -0.3 is 15.8 Å². The smallest absolute Gasteiger partial charge is 0.304 e. The van der Waals surface area contributed by atoms with E-state index < -0.39 is 27.1 Å². The second-order valence-electron chi connectivity index (χ2n) is 5.30. The van der Waals surface area contributed by atoms with Gasteiger partial charge in [0.25, 0.3) is 5.69 Å². The fourth-order valence-corrected chi connectivity index (χ4v) is 2.67. The number of benzene rings is 2. The van der Waals surface area contributed by atoms with Crippen molar-refractivity contribution in [2.75, 3.05) is 18.2 Å². The van der Waals surface area contributed by atoms with Crippen LogP contribution < -0.4 is 15.8 Å². The van der Waals surface area contributed by atoms with Crippen LogP contribution in [0.5, 0.6) is 5.75 Å². The SMILES string of the molecule is COc1cc(N=Nc2c(Br)cc([N+](=O)[O-])cc2[N+](=O)[O-])c(NC(C)=O)cc1N. The Morgan fingerprint density at radius 1 is 1.18 bits per heavy atom. The summed E-state index contributed by atoms with van der Waals surface area (Å²) in [6, 6.07) is 4.63. The number of nitrogen functional groups attached to an aromatic ring is 1. The van der Waals surface area contributed by atoms with Crippen LogP contribution in [0.25, 0.3) is 0 Å². The minimum absolute atomic E-state index is 0.000590. The number of nitrogens with zero attached hydrogens (tertiary/aromatic N) is 4. The van der Waals surface area contributed by atoms with E-state index in [1.165, 1.54) is 26.2 Å². The fraction of sp³-hybridized carbons (Fsp3) is 0.133. The number of nitro groups is 2. The van der Waals surface area contributed by atoms with Gasteiger partial charge in [-0.15, -0.1) is 10.2 Å². The van der Waals surface area contributed by atoms with Gasteiger partial charge in [-0.25, -0.2) is 0 Å². The number of nitrogens with two attached hydrogens (primary N) is 1. The van der Waals surface area contributed by atoms with Crippen molar-refractivity contribution in [2.45, 2.75) is 6.92 Å². The second-order valence-corrected chi connectivity index (χ2v) is 6.16. The van der Waals surface area contributed by atoms with Crippen molar-refractivity contribution in [3.8, 4) is 5.75 Å². The standard InChI is InChI=1S/C15H13BrN6O6/c1-7(23)18-11-5-10(17)14(28-2)6-12(11)19-20-15-9(16)3-8(21(24)25)4-13(15)22(26)27/h3-6H,17H2,1-2H3,(H,18,23). The van der Waals surface area contributed by atoms with Gasteiger partial charge in [-0.2, -0.15) is 0 Å². The number of azo groups is 1. The maximum Gasteiger partial charge on any atom is 0.304 e. The molecule has 1 amide bonds. The van der Waals surface area contributed by atoms with Gasteiger partial charge in [-0.1, -0.05) is 0 Å². The number of carbonyl (C=O) groups excluding carboxylic acids is 1. The van der Waals surface area contributed by atoms with Crippen molar-refractivity contribution in [1.82, 2.24) is 0 Å². The van der Waals surface area contributed by atoms with Crippen molar-refractivity contribution in [3.05, 3.63) is 49.0 Å². The first-order chi connectivity index (χ1) is 13.1. The third-order valence-corrected chi connectivity index (χ3v) is 3.96. The lowest BCUT2D eigenvalue weighted by Crippen LogP contribution is -2.06. The molecule has 0 bridgehead atoms. The van der Waals surface area contributed by atoms with Crippen molar-refractivity contribution in [1.29, 1.82) is 0 Å². The minimum Gasteiger partial charge on any atom is -0.495 e. The topological polar surface area (TPSA) is 175 Å². The minimum atomic E-state index is -0.815. The molecule has 0 spiro atoms. The molecule has 0 aliphatic heterocycles. The molecule has 2 aromatic carbocycles. The van der Waals surface area contributed by atoms with Crippen LogP contribution in [0.1, 0.15) is 6.92 Å². The van der Waals surface area contributed by atoms with Crippen LogP contribution in [0.2, 0.25) is 0 Å². The summed E-state index contributed by atoms with van der Waals surface area (Å²) in [6.45, 7) is 1.28. The van der Waals surface area contributed by atoms with Gasteiger partial charge in [0.05, 0.1) is 38.9 Å². The number of non-ortho nitro benzene ring substituents is 1. The number of rotatable bonds is 6. The highest BCUT2D eigenvalue weighted by Gasteiger charge is 2.23. The molecule has 0 fully saturated rings. The Kier molecular flexibility index (Phi) is 6.20. The zero-order chi connectivity index (χ0) is 21.0. The Labute approximate surface area is 165 Å². The molecule has 0 aliphatic carbocycles. The second kappa shape index (κ2) is 8.39. The molecule has 0 saturated carbocycles. The molecule has 0 atom stereocenters. The number of ether oxygens (including phenoxy) is 1. The van der Waals surface area contributed by atoms with Crippen LogP contribution in [0, 0.1) is 20.2 Å². The number of nitrogens with one attached hydrogen (secondary N) is 1. The third-order valence-electron chi connectivity index (χ3n) is 3.35. The Balaban J connectivity index is 2.60. The van der Waals surface area contributed by atoms with Crippen LogP contribution >= 0.6 is 15.9 Å².